The number of methoxy groups -OCH3 is 1. The highest BCUT2D eigenvalue weighted by molar-refractivity contribution is 5.63. The molecule has 0 aliphatic carbocycles. The summed E-state index contributed by atoms with van der Waals surface area (Å²) in [6, 6.07) is 9.20. The topological polar surface area (TPSA) is 82.9 Å². The number of hydrogen-bond acceptors (Lipinski definition) is 7. The Morgan fingerprint density at radius 3 is 2.40 bits per heavy atom. The molecule has 2 rings (SSSR count). The highest BCUT2D eigenvalue weighted by Crippen LogP contribution is 2.26. The third-order valence-corrected chi connectivity index (χ3v) is 3.29. The van der Waals surface area contributed by atoms with Crippen molar-refractivity contribution < 1.29 is 24.1 Å². The highest BCUT2D eigenvalue weighted by atomic mass is 16.6. The molecule has 0 fully saturated rings. The average Bonchev–Trinajstić information content (AvgIpc) is 2.67. The summed E-state index contributed by atoms with van der Waals surface area (Å²) in [5, 5.41) is 9.21. The van der Waals surface area contributed by atoms with E-state index in [9.17, 15) is 5.11 Å². The van der Waals surface area contributed by atoms with Gasteiger partial charge in [0.1, 0.15) is 12.4 Å². The molecule has 7 nitrogen and oxygen atoms in total. The summed E-state index contributed by atoms with van der Waals surface area (Å²) in [4.78, 5) is 8.57. The maximum atomic E-state index is 9.21. The van der Waals surface area contributed by atoms with Gasteiger partial charge in [0, 0.05) is 13.3 Å². The number of rotatable bonds is 12. The van der Waals surface area contributed by atoms with Gasteiger partial charge in [-0.25, -0.2) is 9.97 Å². The normalized spacial score (nSPS) is 10.8. The van der Waals surface area contributed by atoms with Crippen molar-refractivity contribution in [1.29, 1.82) is 0 Å². The first kappa shape index (κ1) is 19.3. The molecule has 0 saturated heterocycles. The maximum Gasteiger partial charge on any atom is 0.163 e. The van der Waals surface area contributed by atoms with E-state index >= 15 is 0 Å². The molecular weight excluding hydrogens is 324 g/mol. The van der Waals surface area contributed by atoms with Gasteiger partial charge in [-0.15, -0.1) is 0 Å². The predicted octanol–water partition coefficient (Wildman–Crippen LogP) is 1.69. The summed E-state index contributed by atoms with van der Waals surface area (Å²) in [6.07, 6.45) is 1.62. The highest BCUT2D eigenvalue weighted by Gasteiger charge is 2.09. The van der Waals surface area contributed by atoms with Crippen LogP contribution in [-0.2, 0) is 20.8 Å². The lowest BCUT2D eigenvalue weighted by Gasteiger charge is -2.11. The lowest BCUT2D eigenvalue weighted by Crippen LogP contribution is -2.12. The first-order valence-electron chi connectivity index (χ1n) is 8.14. The Balaban J connectivity index is 1.79. The van der Waals surface area contributed by atoms with Crippen LogP contribution in [0.15, 0.2) is 36.5 Å². The molecule has 0 atom stereocenters. The molecule has 1 aromatic carbocycles. The van der Waals surface area contributed by atoms with Crippen molar-refractivity contribution >= 4 is 0 Å². The van der Waals surface area contributed by atoms with Crippen LogP contribution in [0, 0.1) is 0 Å². The molecule has 0 radical (unpaired) electrons. The number of hydrogen-bond donors (Lipinski definition) is 1. The molecule has 1 heterocycles. The lowest BCUT2D eigenvalue weighted by molar-refractivity contribution is 0.0180. The first-order valence-corrected chi connectivity index (χ1v) is 8.14. The van der Waals surface area contributed by atoms with Crippen molar-refractivity contribution in [3.05, 3.63) is 42.2 Å². The summed E-state index contributed by atoms with van der Waals surface area (Å²) in [6.45, 7) is 2.93. The fourth-order valence-electron chi connectivity index (χ4n) is 2.07. The van der Waals surface area contributed by atoms with E-state index in [2.05, 4.69) is 9.97 Å². The minimum atomic E-state index is -0.126. The number of ether oxygens (including phenoxy) is 4. The molecule has 0 aliphatic heterocycles. The maximum absolute atomic E-state index is 9.21. The molecule has 2 aromatic rings. The third-order valence-electron chi connectivity index (χ3n) is 3.29. The molecule has 0 unspecified atom stereocenters. The van der Waals surface area contributed by atoms with E-state index in [4.69, 9.17) is 18.9 Å². The lowest BCUT2D eigenvalue weighted by atomic mass is 10.2. The zero-order valence-electron chi connectivity index (χ0n) is 14.4. The zero-order chi connectivity index (χ0) is 17.7. The van der Waals surface area contributed by atoms with Gasteiger partial charge in [-0.05, 0) is 18.2 Å². The van der Waals surface area contributed by atoms with E-state index in [0.717, 1.165) is 5.56 Å². The van der Waals surface area contributed by atoms with Crippen LogP contribution in [0.25, 0.3) is 11.4 Å². The second kappa shape index (κ2) is 11.5. The molecule has 0 aliphatic rings. The first-order chi connectivity index (χ1) is 12.3. The molecule has 136 valence electrons. The average molecular weight is 348 g/mol. The van der Waals surface area contributed by atoms with E-state index in [1.54, 1.807) is 19.4 Å². The summed E-state index contributed by atoms with van der Waals surface area (Å²) in [5.74, 6) is 1.20. The van der Waals surface area contributed by atoms with Crippen molar-refractivity contribution in [2.24, 2.45) is 0 Å². The van der Waals surface area contributed by atoms with Crippen LogP contribution in [0.2, 0.25) is 0 Å². The number of nitrogens with zero attached hydrogens (tertiary/aromatic N) is 2. The van der Waals surface area contributed by atoms with Crippen LogP contribution in [0.3, 0.4) is 0 Å². The van der Waals surface area contributed by atoms with E-state index in [-0.39, 0.29) is 6.61 Å². The molecule has 25 heavy (non-hydrogen) atoms. The van der Waals surface area contributed by atoms with Crippen molar-refractivity contribution in [2.45, 2.75) is 6.61 Å². The Morgan fingerprint density at radius 2 is 1.64 bits per heavy atom. The SMILES string of the molecule is COCCOCCOCCOc1ccccc1-c1nccc(CO)n1. The Bertz CT molecular complexity index is 624. The van der Waals surface area contributed by atoms with Gasteiger partial charge in [0.15, 0.2) is 5.82 Å². The Kier molecular flexibility index (Phi) is 8.85. The van der Waals surface area contributed by atoms with E-state index in [1.165, 1.54) is 0 Å². The third kappa shape index (κ3) is 6.75. The predicted molar refractivity (Wildman–Crippen MR) is 92.4 cm³/mol. The summed E-state index contributed by atoms with van der Waals surface area (Å²) in [7, 11) is 1.64. The molecule has 0 bridgehead atoms. The Hall–Kier alpha value is -2.06. The molecule has 1 aromatic heterocycles. The summed E-state index contributed by atoms with van der Waals surface area (Å²) < 4.78 is 21.4. The van der Waals surface area contributed by atoms with Gasteiger partial charge < -0.3 is 24.1 Å². The van der Waals surface area contributed by atoms with Crippen molar-refractivity contribution in [2.75, 3.05) is 46.8 Å². The van der Waals surface area contributed by atoms with Gasteiger partial charge in [-0.2, -0.15) is 0 Å². The largest absolute Gasteiger partial charge is 0.490 e. The van der Waals surface area contributed by atoms with Crippen LogP contribution in [0.1, 0.15) is 5.69 Å². The van der Waals surface area contributed by atoms with Crippen LogP contribution in [0.4, 0.5) is 0 Å². The van der Waals surface area contributed by atoms with Gasteiger partial charge in [0.2, 0.25) is 0 Å². The quantitative estimate of drug-likeness (QED) is 0.585. The van der Waals surface area contributed by atoms with Crippen LogP contribution in [0.5, 0.6) is 5.75 Å². The summed E-state index contributed by atoms with van der Waals surface area (Å²) in [5.41, 5.74) is 1.34. The van der Waals surface area contributed by atoms with Gasteiger partial charge >= 0.3 is 0 Å². The molecule has 0 spiro atoms. The van der Waals surface area contributed by atoms with E-state index in [1.807, 2.05) is 24.3 Å². The van der Waals surface area contributed by atoms with Crippen molar-refractivity contribution in [3.63, 3.8) is 0 Å². The number of para-hydroxylation sites is 1. The van der Waals surface area contributed by atoms with Gasteiger partial charge in [0.25, 0.3) is 0 Å². The zero-order valence-corrected chi connectivity index (χ0v) is 14.4. The monoisotopic (exact) mass is 348 g/mol. The van der Waals surface area contributed by atoms with Crippen LogP contribution < -0.4 is 4.74 Å². The fourth-order valence-corrected chi connectivity index (χ4v) is 2.07. The Labute approximate surface area is 147 Å². The van der Waals surface area contributed by atoms with Gasteiger partial charge in [-0.1, -0.05) is 12.1 Å². The second-order valence-electron chi connectivity index (χ2n) is 5.09. The van der Waals surface area contributed by atoms with Crippen molar-refractivity contribution in [3.8, 4) is 17.1 Å². The van der Waals surface area contributed by atoms with Crippen LogP contribution in [-0.4, -0.2) is 61.8 Å². The number of benzene rings is 1. The van der Waals surface area contributed by atoms with Crippen LogP contribution >= 0.6 is 0 Å². The van der Waals surface area contributed by atoms with Gasteiger partial charge in [0.05, 0.1) is 50.9 Å². The standard InChI is InChI=1S/C18H24N2O5/c1-22-8-9-23-10-11-24-12-13-25-17-5-3-2-4-16(17)18-19-7-6-15(14-21)20-18/h2-7,21H,8-14H2,1H3. The second-order valence-corrected chi connectivity index (χ2v) is 5.09. The minimum Gasteiger partial charge on any atom is -0.490 e. The molecular formula is C18H24N2O5. The molecule has 1 N–H and O–H groups in total. The number of aliphatic hydroxyl groups is 1. The minimum absolute atomic E-state index is 0.126. The molecule has 0 saturated carbocycles. The smallest absolute Gasteiger partial charge is 0.163 e. The van der Waals surface area contributed by atoms with E-state index in [0.29, 0.717) is 56.9 Å². The number of aromatic nitrogens is 2. The van der Waals surface area contributed by atoms with E-state index < -0.39 is 0 Å². The van der Waals surface area contributed by atoms with Crippen molar-refractivity contribution in [1.82, 2.24) is 9.97 Å². The molecule has 0 amide bonds. The molecule has 7 heteroatoms. The fraction of sp³-hybridized carbons (Fsp3) is 0.444. The number of aliphatic hydroxyl groups excluding tert-OH is 1. The Morgan fingerprint density at radius 1 is 0.920 bits per heavy atom. The van der Waals surface area contributed by atoms with Gasteiger partial charge in [-0.3, -0.25) is 0 Å². The summed E-state index contributed by atoms with van der Waals surface area (Å²) >= 11 is 0.